The molecule has 0 aromatic carbocycles. The van der Waals surface area contributed by atoms with Gasteiger partial charge in [0, 0.05) is 5.69 Å². The second-order valence-electron chi connectivity index (χ2n) is 6.32. The average Bonchev–Trinajstić information content (AvgIpc) is 2.83. The Kier molecular flexibility index (Phi) is 3.78. The summed E-state index contributed by atoms with van der Waals surface area (Å²) in [4.78, 5) is 16.5. The number of anilines is 1. The number of hydrogen-bond donors (Lipinski definition) is 3. The summed E-state index contributed by atoms with van der Waals surface area (Å²) in [6, 6.07) is 0. The minimum atomic E-state index is -0.523. The summed E-state index contributed by atoms with van der Waals surface area (Å²) in [5.41, 5.74) is 12.6. The molecular formula is C16H22N4O2. The van der Waals surface area contributed by atoms with E-state index in [0.717, 1.165) is 36.8 Å². The topological polar surface area (TPSA) is 107 Å². The number of fused-ring (bicyclic) bond motifs is 3. The van der Waals surface area contributed by atoms with Gasteiger partial charge in [-0.05, 0) is 49.1 Å². The van der Waals surface area contributed by atoms with Crippen molar-refractivity contribution in [2.45, 2.75) is 46.0 Å². The van der Waals surface area contributed by atoms with Gasteiger partial charge in [-0.25, -0.2) is 10.8 Å². The van der Waals surface area contributed by atoms with Gasteiger partial charge >= 0.3 is 5.91 Å². The van der Waals surface area contributed by atoms with Crippen LogP contribution in [0.2, 0.25) is 0 Å². The van der Waals surface area contributed by atoms with Gasteiger partial charge in [0.2, 0.25) is 11.5 Å². The number of carbonyl (C=O) groups is 1. The molecule has 118 valence electrons. The Morgan fingerprint density at radius 3 is 2.64 bits per heavy atom. The van der Waals surface area contributed by atoms with E-state index in [0.29, 0.717) is 17.3 Å². The molecule has 6 heteroatoms. The van der Waals surface area contributed by atoms with Crippen molar-refractivity contribution >= 4 is 22.7 Å². The molecule has 0 saturated heterocycles. The molecule has 0 radical (unpaired) electrons. The Morgan fingerprint density at radius 2 is 2.00 bits per heavy atom. The van der Waals surface area contributed by atoms with E-state index in [4.69, 9.17) is 16.0 Å². The number of aryl methyl sites for hydroxylation is 1. The Morgan fingerprint density at radius 1 is 1.32 bits per heavy atom. The molecule has 0 bridgehead atoms. The van der Waals surface area contributed by atoms with E-state index in [1.165, 1.54) is 17.5 Å². The predicted molar refractivity (Wildman–Crippen MR) is 85.3 cm³/mol. The minimum Gasteiger partial charge on any atom is -0.430 e. The van der Waals surface area contributed by atoms with Gasteiger partial charge in [-0.2, -0.15) is 0 Å². The summed E-state index contributed by atoms with van der Waals surface area (Å²) in [5.74, 6) is 5.23. The molecule has 1 aliphatic rings. The smallest absolute Gasteiger partial charge is 0.303 e. The lowest BCUT2D eigenvalue weighted by Gasteiger charge is -2.20. The van der Waals surface area contributed by atoms with Gasteiger partial charge in [0.05, 0.1) is 11.1 Å². The molecule has 0 atom stereocenters. The maximum Gasteiger partial charge on any atom is 0.303 e. The van der Waals surface area contributed by atoms with Crippen LogP contribution in [-0.2, 0) is 19.3 Å². The Labute approximate surface area is 129 Å². The maximum absolute atomic E-state index is 11.8. The largest absolute Gasteiger partial charge is 0.430 e. The predicted octanol–water partition coefficient (Wildman–Crippen LogP) is 2.09. The molecule has 2 aromatic heterocycles. The van der Waals surface area contributed by atoms with E-state index < -0.39 is 5.91 Å². The fourth-order valence-corrected chi connectivity index (χ4v) is 3.28. The van der Waals surface area contributed by atoms with Gasteiger partial charge in [0.25, 0.3) is 0 Å². The highest BCUT2D eigenvalue weighted by Gasteiger charge is 2.26. The number of nitrogens with one attached hydrogen (secondary N) is 1. The maximum atomic E-state index is 11.8. The highest BCUT2D eigenvalue weighted by atomic mass is 16.4. The normalized spacial score (nSPS) is 14.4. The van der Waals surface area contributed by atoms with Crippen LogP contribution >= 0.6 is 0 Å². The van der Waals surface area contributed by atoms with Crippen molar-refractivity contribution in [1.82, 2.24) is 10.4 Å². The Hall–Kier alpha value is -2.08. The SMILES string of the molecule is CC(C)Cc1nc2oc(C(=O)NN)c(N)c2c2c1CCCC2. The van der Waals surface area contributed by atoms with Gasteiger partial charge in [-0.3, -0.25) is 10.2 Å². The van der Waals surface area contributed by atoms with Gasteiger partial charge < -0.3 is 10.2 Å². The molecule has 0 spiro atoms. The number of rotatable bonds is 3. The summed E-state index contributed by atoms with van der Waals surface area (Å²) in [6.07, 6.45) is 5.16. The van der Waals surface area contributed by atoms with E-state index in [1.54, 1.807) is 0 Å². The van der Waals surface area contributed by atoms with Crippen LogP contribution in [0.4, 0.5) is 5.69 Å². The molecule has 22 heavy (non-hydrogen) atoms. The van der Waals surface area contributed by atoms with Crippen molar-refractivity contribution in [3.63, 3.8) is 0 Å². The number of nitrogen functional groups attached to an aromatic ring is 2. The molecule has 2 heterocycles. The van der Waals surface area contributed by atoms with Crippen LogP contribution in [0.5, 0.6) is 0 Å². The van der Waals surface area contributed by atoms with Crippen molar-refractivity contribution in [2.75, 3.05) is 5.73 Å². The zero-order valence-corrected chi connectivity index (χ0v) is 13.0. The second-order valence-corrected chi connectivity index (χ2v) is 6.32. The van der Waals surface area contributed by atoms with E-state index in [-0.39, 0.29) is 5.76 Å². The van der Waals surface area contributed by atoms with Crippen LogP contribution in [0.15, 0.2) is 4.42 Å². The zero-order chi connectivity index (χ0) is 15.9. The lowest BCUT2D eigenvalue weighted by atomic mass is 9.86. The Balaban J connectivity index is 2.26. The second kappa shape index (κ2) is 5.61. The van der Waals surface area contributed by atoms with Crippen LogP contribution in [0.3, 0.4) is 0 Å². The molecule has 0 saturated carbocycles. The summed E-state index contributed by atoms with van der Waals surface area (Å²) in [7, 11) is 0. The number of nitrogens with zero attached hydrogens (tertiary/aromatic N) is 1. The molecule has 0 aliphatic heterocycles. The number of hydrogen-bond acceptors (Lipinski definition) is 5. The summed E-state index contributed by atoms with van der Waals surface area (Å²) in [6.45, 7) is 4.34. The summed E-state index contributed by atoms with van der Waals surface area (Å²) < 4.78 is 5.61. The number of carbonyl (C=O) groups excluding carboxylic acids is 1. The first kappa shape index (κ1) is 14.8. The van der Waals surface area contributed by atoms with Crippen LogP contribution in [-0.4, -0.2) is 10.9 Å². The van der Waals surface area contributed by atoms with E-state index >= 15 is 0 Å². The van der Waals surface area contributed by atoms with Crippen molar-refractivity contribution in [2.24, 2.45) is 11.8 Å². The molecule has 0 unspecified atom stereocenters. The van der Waals surface area contributed by atoms with Crippen molar-refractivity contribution in [3.05, 3.63) is 22.6 Å². The van der Waals surface area contributed by atoms with Gasteiger partial charge in [0.1, 0.15) is 0 Å². The Bertz CT molecular complexity index is 734. The molecule has 1 aliphatic carbocycles. The van der Waals surface area contributed by atoms with Crippen molar-refractivity contribution < 1.29 is 9.21 Å². The van der Waals surface area contributed by atoms with E-state index in [2.05, 4.69) is 24.3 Å². The highest BCUT2D eigenvalue weighted by molar-refractivity contribution is 6.05. The van der Waals surface area contributed by atoms with Gasteiger partial charge in [0.15, 0.2) is 0 Å². The third-order valence-corrected chi connectivity index (χ3v) is 4.22. The van der Waals surface area contributed by atoms with Gasteiger partial charge in [-0.15, -0.1) is 0 Å². The number of aromatic nitrogens is 1. The number of pyridine rings is 1. The fourth-order valence-electron chi connectivity index (χ4n) is 3.28. The molecule has 3 rings (SSSR count). The summed E-state index contributed by atoms with van der Waals surface area (Å²) in [5, 5.41) is 0.792. The first-order valence-corrected chi connectivity index (χ1v) is 7.76. The first-order valence-electron chi connectivity index (χ1n) is 7.76. The number of furan rings is 1. The molecule has 6 nitrogen and oxygen atoms in total. The fraction of sp³-hybridized carbons (Fsp3) is 0.500. The average molecular weight is 302 g/mol. The zero-order valence-electron chi connectivity index (χ0n) is 13.0. The van der Waals surface area contributed by atoms with Crippen molar-refractivity contribution in [1.29, 1.82) is 0 Å². The molecule has 1 amide bonds. The van der Waals surface area contributed by atoms with E-state index in [9.17, 15) is 4.79 Å². The summed E-state index contributed by atoms with van der Waals surface area (Å²) >= 11 is 0. The van der Waals surface area contributed by atoms with E-state index in [1.807, 2.05) is 0 Å². The molecule has 2 aromatic rings. The first-order chi connectivity index (χ1) is 10.5. The lowest BCUT2D eigenvalue weighted by Crippen LogP contribution is -2.30. The standard InChI is InChI=1S/C16H22N4O2/c1-8(2)7-11-9-5-3-4-6-10(9)12-13(17)14(15(21)20-18)22-16(12)19-11/h8H,3-7,17-18H2,1-2H3,(H,20,21). The van der Waals surface area contributed by atoms with Crippen LogP contribution in [0.1, 0.15) is 54.1 Å². The molecular weight excluding hydrogens is 280 g/mol. The molecule has 5 N–H and O–H groups in total. The van der Waals surface area contributed by atoms with Crippen LogP contribution in [0.25, 0.3) is 11.1 Å². The highest BCUT2D eigenvalue weighted by Crippen LogP contribution is 2.37. The van der Waals surface area contributed by atoms with Crippen molar-refractivity contribution in [3.8, 4) is 0 Å². The molecule has 0 fully saturated rings. The minimum absolute atomic E-state index is 0.0551. The lowest BCUT2D eigenvalue weighted by molar-refractivity contribution is 0.0929. The van der Waals surface area contributed by atoms with Crippen LogP contribution in [0, 0.1) is 5.92 Å². The number of nitrogens with two attached hydrogens (primary N) is 2. The monoisotopic (exact) mass is 302 g/mol. The number of hydrazine groups is 1. The van der Waals surface area contributed by atoms with Crippen LogP contribution < -0.4 is 17.0 Å². The number of amides is 1. The third-order valence-electron chi connectivity index (χ3n) is 4.22. The third kappa shape index (κ3) is 2.33. The van der Waals surface area contributed by atoms with Gasteiger partial charge in [-0.1, -0.05) is 13.8 Å². The quantitative estimate of drug-likeness (QED) is 0.457.